The van der Waals surface area contributed by atoms with Crippen LogP contribution >= 0.6 is 0 Å². The Balaban J connectivity index is 1.92. The van der Waals surface area contributed by atoms with Crippen LogP contribution < -0.4 is 10.1 Å². The number of aryl methyl sites for hydroxylation is 1. The zero-order valence-corrected chi connectivity index (χ0v) is 13.5. The fourth-order valence-corrected chi connectivity index (χ4v) is 2.79. The molecule has 1 atom stereocenters. The Labute approximate surface area is 132 Å². The molecule has 0 fully saturated rings. The molecule has 1 aromatic heterocycles. The van der Waals surface area contributed by atoms with E-state index in [2.05, 4.69) is 60.5 Å². The van der Waals surface area contributed by atoms with Crippen LogP contribution in [-0.4, -0.2) is 37.1 Å². The third kappa shape index (κ3) is 3.13. The lowest BCUT2D eigenvalue weighted by Gasteiger charge is -2.22. The van der Waals surface area contributed by atoms with E-state index in [1.807, 2.05) is 12.3 Å². The zero-order chi connectivity index (χ0) is 15.5. The molecule has 3 rings (SSSR count). The summed E-state index contributed by atoms with van der Waals surface area (Å²) in [5.41, 5.74) is 4.63. The number of fused-ring (bicyclic) bond motifs is 2. The Kier molecular flexibility index (Phi) is 4.41. The average molecular weight is 297 g/mol. The van der Waals surface area contributed by atoms with E-state index in [4.69, 9.17) is 4.74 Å². The van der Waals surface area contributed by atoms with Crippen LogP contribution in [0.4, 0.5) is 0 Å². The van der Waals surface area contributed by atoms with Gasteiger partial charge >= 0.3 is 0 Å². The molecule has 0 saturated heterocycles. The summed E-state index contributed by atoms with van der Waals surface area (Å²) < 4.78 is 6.30. The van der Waals surface area contributed by atoms with Crippen molar-refractivity contribution >= 4 is 0 Å². The lowest BCUT2D eigenvalue weighted by Crippen LogP contribution is -2.33. The number of likely N-dealkylation sites (N-methyl/N-ethyl adjacent to an activating group) is 1. The topological polar surface area (TPSA) is 37.4 Å². The van der Waals surface area contributed by atoms with Crippen LogP contribution in [0.15, 0.2) is 36.5 Å². The molecule has 1 N–H and O–H groups in total. The third-order valence-electron chi connectivity index (χ3n) is 3.97. The monoisotopic (exact) mass is 297 g/mol. The van der Waals surface area contributed by atoms with E-state index in [9.17, 15) is 0 Å². The molecule has 116 valence electrons. The van der Waals surface area contributed by atoms with Gasteiger partial charge in [0.2, 0.25) is 0 Å². The van der Waals surface area contributed by atoms with E-state index in [-0.39, 0.29) is 6.23 Å². The molecule has 0 spiro atoms. The molecule has 0 bridgehead atoms. The molecule has 1 aromatic carbocycles. The van der Waals surface area contributed by atoms with Crippen LogP contribution in [0, 0.1) is 6.92 Å². The number of benzene rings is 1. The second kappa shape index (κ2) is 6.46. The fourth-order valence-electron chi connectivity index (χ4n) is 2.79. The summed E-state index contributed by atoms with van der Waals surface area (Å²) in [4.78, 5) is 6.73. The quantitative estimate of drug-likeness (QED) is 0.941. The number of nitrogens with one attached hydrogen (secondary N) is 1. The summed E-state index contributed by atoms with van der Waals surface area (Å²) >= 11 is 0. The van der Waals surface area contributed by atoms with Gasteiger partial charge in [0.15, 0.2) is 6.23 Å². The normalized spacial score (nSPS) is 16.6. The van der Waals surface area contributed by atoms with Gasteiger partial charge in [-0.2, -0.15) is 0 Å². The summed E-state index contributed by atoms with van der Waals surface area (Å²) in [5.74, 6) is 0.989. The van der Waals surface area contributed by atoms with Crippen LogP contribution in [0.1, 0.15) is 28.6 Å². The number of aromatic nitrogens is 1. The van der Waals surface area contributed by atoms with E-state index in [0.29, 0.717) is 0 Å². The first-order valence-electron chi connectivity index (χ1n) is 7.72. The maximum atomic E-state index is 6.30. The smallest absolute Gasteiger partial charge is 0.193 e. The van der Waals surface area contributed by atoms with Gasteiger partial charge < -0.3 is 9.64 Å². The first kappa shape index (κ1) is 15.0. The van der Waals surface area contributed by atoms with E-state index >= 15 is 0 Å². The zero-order valence-electron chi connectivity index (χ0n) is 13.5. The van der Waals surface area contributed by atoms with Gasteiger partial charge in [-0.15, -0.1) is 0 Å². The van der Waals surface area contributed by atoms with E-state index in [1.54, 1.807) is 0 Å². The molecule has 2 heterocycles. The summed E-state index contributed by atoms with van der Waals surface area (Å²) in [6.07, 6.45) is 2.51. The highest BCUT2D eigenvalue weighted by molar-refractivity contribution is 5.46. The van der Waals surface area contributed by atoms with Crippen molar-refractivity contribution in [3.05, 3.63) is 58.9 Å². The lowest BCUT2D eigenvalue weighted by molar-refractivity contribution is 0.158. The van der Waals surface area contributed by atoms with E-state index in [0.717, 1.165) is 31.0 Å². The average Bonchev–Trinajstić information content (AvgIpc) is 2.65. The summed E-state index contributed by atoms with van der Waals surface area (Å²) in [7, 11) is 4.14. The van der Waals surface area contributed by atoms with Gasteiger partial charge in [0, 0.05) is 25.7 Å². The highest BCUT2D eigenvalue weighted by atomic mass is 16.5. The molecule has 0 amide bonds. The fraction of sp³-hybridized carbons (Fsp3) is 0.389. The van der Waals surface area contributed by atoms with Crippen molar-refractivity contribution in [3.8, 4) is 5.75 Å². The number of pyridine rings is 1. The Morgan fingerprint density at radius 3 is 2.86 bits per heavy atom. The Hall–Kier alpha value is -1.91. The second-order valence-corrected chi connectivity index (χ2v) is 6.04. The van der Waals surface area contributed by atoms with Crippen molar-refractivity contribution in [1.82, 2.24) is 15.2 Å². The highest BCUT2D eigenvalue weighted by Crippen LogP contribution is 2.34. The predicted molar refractivity (Wildman–Crippen MR) is 88.1 cm³/mol. The predicted octanol–water partition coefficient (Wildman–Crippen LogP) is 2.52. The highest BCUT2D eigenvalue weighted by Gasteiger charge is 2.24. The number of rotatable bonds is 4. The number of hydrogen-bond donors (Lipinski definition) is 1. The molecule has 4 nitrogen and oxygen atoms in total. The molecule has 1 unspecified atom stereocenters. The van der Waals surface area contributed by atoms with Crippen LogP contribution in [0.3, 0.4) is 0 Å². The van der Waals surface area contributed by atoms with Gasteiger partial charge in [0.25, 0.3) is 0 Å². The van der Waals surface area contributed by atoms with Crippen LogP contribution in [-0.2, 0) is 6.42 Å². The first-order valence-corrected chi connectivity index (χ1v) is 7.72. The van der Waals surface area contributed by atoms with Gasteiger partial charge in [-0.05, 0) is 43.8 Å². The number of hydrogen-bond acceptors (Lipinski definition) is 4. The van der Waals surface area contributed by atoms with Crippen molar-refractivity contribution in [2.45, 2.75) is 19.6 Å². The molecule has 1 aliphatic rings. The lowest BCUT2D eigenvalue weighted by atomic mass is 10.0. The third-order valence-corrected chi connectivity index (χ3v) is 3.97. The Morgan fingerprint density at radius 2 is 2.05 bits per heavy atom. The van der Waals surface area contributed by atoms with Crippen molar-refractivity contribution in [2.24, 2.45) is 0 Å². The maximum Gasteiger partial charge on any atom is 0.193 e. The summed E-state index contributed by atoms with van der Waals surface area (Å²) in [5, 5.41) is 3.49. The first-order chi connectivity index (χ1) is 10.6. The molecule has 2 aromatic rings. The van der Waals surface area contributed by atoms with Crippen LogP contribution in [0.2, 0.25) is 0 Å². The molecule has 0 saturated carbocycles. The van der Waals surface area contributed by atoms with Gasteiger partial charge in [-0.1, -0.05) is 24.3 Å². The number of ether oxygens (including phenoxy) is 1. The van der Waals surface area contributed by atoms with Crippen molar-refractivity contribution in [2.75, 3.05) is 27.2 Å². The SMILES string of the molecule is Cc1cccc2c1OC(NCCN(C)C)c1ncccc1C2. The molecule has 0 radical (unpaired) electrons. The van der Waals surface area contributed by atoms with E-state index in [1.165, 1.54) is 16.7 Å². The molecular weight excluding hydrogens is 274 g/mol. The largest absolute Gasteiger partial charge is 0.469 e. The van der Waals surface area contributed by atoms with E-state index < -0.39 is 0 Å². The minimum Gasteiger partial charge on any atom is -0.469 e. The van der Waals surface area contributed by atoms with Gasteiger partial charge in [-0.3, -0.25) is 10.3 Å². The number of nitrogens with zero attached hydrogens (tertiary/aromatic N) is 2. The molecule has 1 aliphatic heterocycles. The van der Waals surface area contributed by atoms with Gasteiger partial charge in [-0.25, -0.2) is 0 Å². The van der Waals surface area contributed by atoms with Gasteiger partial charge in [0.1, 0.15) is 5.75 Å². The Morgan fingerprint density at radius 1 is 1.23 bits per heavy atom. The van der Waals surface area contributed by atoms with Crippen molar-refractivity contribution < 1.29 is 4.74 Å². The standard InChI is InChI=1S/C18H23N3O/c1-13-6-4-7-15-12-14-8-5-9-19-16(14)18(22-17(13)15)20-10-11-21(2)3/h4-9,18,20H,10-12H2,1-3H3. The van der Waals surface area contributed by atoms with Crippen molar-refractivity contribution in [1.29, 1.82) is 0 Å². The molecule has 0 aliphatic carbocycles. The van der Waals surface area contributed by atoms with Crippen LogP contribution in [0.25, 0.3) is 0 Å². The maximum absolute atomic E-state index is 6.30. The molecule has 4 heteroatoms. The number of para-hydroxylation sites is 1. The van der Waals surface area contributed by atoms with Crippen molar-refractivity contribution in [3.63, 3.8) is 0 Å². The van der Waals surface area contributed by atoms with Crippen LogP contribution in [0.5, 0.6) is 5.75 Å². The Bertz CT molecular complexity index is 655. The second-order valence-electron chi connectivity index (χ2n) is 6.04. The summed E-state index contributed by atoms with van der Waals surface area (Å²) in [6, 6.07) is 10.5. The molecule has 22 heavy (non-hydrogen) atoms. The minimum atomic E-state index is -0.196. The molecular formula is C18H23N3O. The van der Waals surface area contributed by atoms with Gasteiger partial charge in [0.05, 0.1) is 5.69 Å². The minimum absolute atomic E-state index is 0.196. The summed E-state index contributed by atoms with van der Waals surface area (Å²) in [6.45, 7) is 3.91.